The minimum absolute atomic E-state index is 0.509. The van der Waals surface area contributed by atoms with Crippen molar-refractivity contribution in [2.45, 2.75) is 12.6 Å². The van der Waals surface area contributed by atoms with E-state index >= 15 is 0 Å². The van der Waals surface area contributed by atoms with Crippen LogP contribution in [0.2, 0.25) is 0 Å². The highest BCUT2D eigenvalue weighted by atomic mass is 19.4. The summed E-state index contributed by atoms with van der Waals surface area (Å²) in [5, 5.41) is 6.87. The van der Waals surface area contributed by atoms with Crippen molar-refractivity contribution in [2.75, 3.05) is 0 Å². The van der Waals surface area contributed by atoms with Crippen molar-refractivity contribution in [2.24, 2.45) is 5.73 Å². The van der Waals surface area contributed by atoms with Crippen LogP contribution >= 0.6 is 0 Å². The molecule has 82 valence electrons. The van der Waals surface area contributed by atoms with Crippen molar-refractivity contribution in [3.8, 4) is 0 Å². The molecule has 0 spiro atoms. The number of rotatable bonds is 2. The lowest BCUT2D eigenvalue weighted by atomic mass is 10.0. The van der Waals surface area contributed by atoms with Crippen LogP contribution in [0.15, 0.2) is 18.2 Å². The normalized spacial score (nSPS) is 11.5. The third kappa shape index (κ3) is 2.68. The predicted molar refractivity (Wildman–Crippen MR) is 47.0 cm³/mol. The van der Waals surface area contributed by atoms with E-state index in [0.29, 0.717) is 0 Å². The molecule has 15 heavy (non-hydrogen) atoms. The van der Waals surface area contributed by atoms with Gasteiger partial charge in [-0.2, -0.15) is 13.2 Å². The highest BCUT2D eigenvalue weighted by Gasteiger charge is 2.34. The molecule has 0 heterocycles. The van der Waals surface area contributed by atoms with E-state index in [9.17, 15) is 17.6 Å². The zero-order valence-corrected chi connectivity index (χ0v) is 7.53. The molecular weight excluding hydrogens is 212 g/mol. The van der Waals surface area contributed by atoms with Gasteiger partial charge in [0, 0.05) is 12.0 Å². The maximum Gasteiger partial charge on any atom is 0.416 e. The van der Waals surface area contributed by atoms with Crippen LogP contribution in [0, 0.1) is 11.2 Å². The van der Waals surface area contributed by atoms with Gasteiger partial charge in [-0.3, -0.25) is 5.41 Å². The van der Waals surface area contributed by atoms with Crippen molar-refractivity contribution in [3.05, 3.63) is 35.1 Å². The molecule has 0 radical (unpaired) electrons. The molecule has 2 nitrogen and oxygen atoms in total. The lowest BCUT2D eigenvalue weighted by Crippen LogP contribution is -2.18. The molecule has 0 saturated heterocycles. The minimum Gasteiger partial charge on any atom is -0.387 e. The SMILES string of the molecule is N=C(N)Cc1c(F)cccc1C(F)(F)F. The van der Waals surface area contributed by atoms with Crippen LogP contribution in [0.4, 0.5) is 17.6 Å². The van der Waals surface area contributed by atoms with Crippen molar-refractivity contribution in [1.29, 1.82) is 5.41 Å². The Bertz CT molecular complexity index is 384. The van der Waals surface area contributed by atoms with Crippen LogP contribution in [0.1, 0.15) is 11.1 Å². The van der Waals surface area contributed by atoms with Gasteiger partial charge in [-0.15, -0.1) is 0 Å². The second-order valence-corrected chi connectivity index (χ2v) is 2.97. The van der Waals surface area contributed by atoms with Crippen molar-refractivity contribution >= 4 is 5.84 Å². The standard InChI is InChI=1S/C9H8F4N2/c10-7-3-1-2-6(9(11,12)13)5(7)4-8(14)15/h1-3H,4H2,(H3,14,15). The smallest absolute Gasteiger partial charge is 0.387 e. The van der Waals surface area contributed by atoms with E-state index in [1.165, 1.54) is 0 Å². The molecule has 0 bridgehead atoms. The van der Waals surface area contributed by atoms with Gasteiger partial charge in [0.1, 0.15) is 5.82 Å². The van der Waals surface area contributed by atoms with Crippen LogP contribution < -0.4 is 5.73 Å². The molecule has 0 atom stereocenters. The molecular formula is C9H8F4N2. The molecule has 1 aromatic carbocycles. The Morgan fingerprint density at radius 1 is 1.33 bits per heavy atom. The second kappa shape index (κ2) is 3.88. The number of hydrogen-bond acceptors (Lipinski definition) is 1. The molecule has 0 aliphatic heterocycles. The maximum atomic E-state index is 13.1. The fourth-order valence-electron chi connectivity index (χ4n) is 1.19. The summed E-state index contributed by atoms with van der Waals surface area (Å²) in [5.74, 6) is -1.51. The van der Waals surface area contributed by atoms with Gasteiger partial charge in [0.2, 0.25) is 0 Å². The van der Waals surface area contributed by atoms with Crippen molar-refractivity contribution < 1.29 is 17.6 Å². The highest BCUT2D eigenvalue weighted by Crippen LogP contribution is 2.33. The highest BCUT2D eigenvalue weighted by molar-refractivity contribution is 5.79. The van der Waals surface area contributed by atoms with Crippen LogP contribution in [0.5, 0.6) is 0 Å². The van der Waals surface area contributed by atoms with Gasteiger partial charge in [-0.1, -0.05) is 6.07 Å². The Balaban J connectivity index is 3.26. The lowest BCUT2D eigenvalue weighted by molar-refractivity contribution is -0.138. The Kier molecular flexibility index (Phi) is 2.97. The van der Waals surface area contributed by atoms with Crippen LogP contribution in [0.25, 0.3) is 0 Å². The summed E-state index contributed by atoms with van der Waals surface area (Å²) in [6, 6.07) is 2.65. The van der Waals surface area contributed by atoms with E-state index in [4.69, 9.17) is 11.1 Å². The summed E-state index contributed by atoms with van der Waals surface area (Å²) in [6.07, 6.45) is -5.17. The molecule has 0 saturated carbocycles. The van der Waals surface area contributed by atoms with Gasteiger partial charge >= 0.3 is 6.18 Å². The number of alkyl halides is 3. The van der Waals surface area contributed by atoms with Gasteiger partial charge < -0.3 is 5.73 Å². The fourth-order valence-corrected chi connectivity index (χ4v) is 1.19. The second-order valence-electron chi connectivity index (χ2n) is 2.97. The Morgan fingerprint density at radius 2 is 1.93 bits per heavy atom. The summed E-state index contributed by atoms with van der Waals surface area (Å²) in [4.78, 5) is 0. The number of benzene rings is 1. The van der Waals surface area contributed by atoms with Gasteiger partial charge in [0.05, 0.1) is 11.4 Å². The third-order valence-electron chi connectivity index (χ3n) is 1.79. The van der Waals surface area contributed by atoms with E-state index < -0.39 is 35.4 Å². The van der Waals surface area contributed by atoms with Crippen LogP contribution in [-0.2, 0) is 12.6 Å². The number of halogens is 4. The lowest BCUT2D eigenvalue weighted by Gasteiger charge is -2.12. The van der Waals surface area contributed by atoms with E-state index in [1.807, 2.05) is 0 Å². The first-order valence-corrected chi connectivity index (χ1v) is 4.00. The van der Waals surface area contributed by atoms with Gasteiger partial charge in [-0.25, -0.2) is 4.39 Å². The first-order chi connectivity index (χ1) is 6.82. The van der Waals surface area contributed by atoms with Crippen LogP contribution in [0.3, 0.4) is 0 Å². The largest absolute Gasteiger partial charge is 0.416 e. The fraction of sp³-hybridized carbons (Fsp3) is 0.222. The van der Waals surface area contributed by atoms with Crippen molar-refractivity contribution in [3.63, 3.8) is 0 Å². The van der Waals surface area contributed by atoms with Crippen molar-refractivity contribution in [1.82, 2.24) is 0 Å². The van der Waals surface area contributed by atoms with E-state index in [0.717, 1.165) is 18.2 Å². The monoisotopic (exact) mass is 220 g/mol. The summed E-state index contributed by atoms with van der Waals surface area (Å²) >= 11 is 0. The average Bonchev–Trinajstić information content (AvgIpc) is 2.05. The predicted octanol–water partition coefficient (Wildman–Crippen LogP) is 2.32. The van der Waals surface area contributed by atoms with Crippen LogP contribution in [-0.4, -0.2) is 5.84 Å². The number of nitrogens with one attached hydrogen (secondary N) is 1. The Labute approximate surface area is 83.2 Å². The first kappa shape index (κ1) is 11.5. The quantitative estimate of drug-likeness (QED) is 0.448. The maximum absolute atomic E-state index is 13.1. The minimum atomic E-state index is -4.63. The molecule has 1 rings (SSSR count). The topological polar surface area (TPSA) is 49.9 Å². The average molecular weight is 220 g/mol. The molecule has 0 amide bonds. The van der Waals surface area contributed by atoms with Gasteiger partial charge in [0.15, 0.2) is 0 Å². The zero-order chi connectivity index (χ0) is 11.6. The molecule has 0 fully saturated rings. The molecule has 3 N–H and O–H groups in total. The van der Waals surface area contributed by atoms with Gasteiger partial charge in [0.25, 0.3) is 0 Å². The Hall–Kier alpha value is -1.59. The molecule has 6 heteroatoms. The van der Waals surface area contributed by atoms with E-state index in [1.54, 1.807) is 0 Å². The zero-order valence-electron chi connectivity index (χ0n) is 7.53. The number of amidine groups is 1. The summed E-state index contributed by atoms with van der Waals surface area (Å²) in [6.45, 7) is 0. The van der Waals surface area contributed by atoms with E-state index in [2.05, 4.69) is 0 Å². The first-order valence-electron chi connectivity index (χ1n) is 4.00. The molecule has 0 aliphatic carbocycles. The van der Waals surface area contributed by atoms with E-state index in [-0.39, 0.29) is 0 Å². The number of hydrogen-bond donors (Lipinski definition) is 2. The number of nitrogens with two attached hydrogens (primary N) is 1. The Morgan fingerprint density at radius 3 is 2.40 bits per heavy atom. The molecule has 1 aromatic rings. The summed E-state index contributed by atoms with van der Waals surface area (Å²) in [5.41, 5.74) is 3.28. The molecule has 0 unspecified atom stereocenters. The molecule has 0 aromatic heterocycles. The third-order valence-corrected chi connectivity index (χ3v) is 1.79. The summed E-state index contributed by atoms with van der Waals surface area (Å²) < 4.78 is 50.3. The molecule has 0 aliphatic rings. The summed E-state index contributed by atoms with van der Waals surface area (Å²) in [7, 11) is 0. The van der Waals surface area contributed by atoms with Gasteiger partial charge in [-0.05, 0) is 12.1 Å².